The van der Waals surface area contributed by atoms with Crippen LogP contribution in [0.2, 0.25) is 10.0 Å². The number of hydrogen-bond donors (Lipinski definition) is 1. The SMILES string of the molecule is Cc1ccc(CSCC(=O)N(Cc2ccc(Cl)cc2Cl)[C@@H](C)C(=O)NCC(C)C)cc1. The highest BCUT2D eigenvalue weighted by Crippen LogP contribution is 2.24. The second kappa shape index (κ2) is 12.4. The third-order valence-electron chi connectivity index (χ3n) is 4.82. The maximum atomic E-state index is 13.1. The van der Waals surface area contributed by atoms with Crippen molar-refractivity contribution in [1.29, 1.82) is 0 Å². The van der Waals surface area contributed by atoms with Gasteiger partial charge in [-0.15, -0.1) is 11.8 Å². The lowest BCUT2D eigenvalue weighted by atomic mass is 10.1. The van der Waals surface area contributed by atoms with Gasteiger partial charge in [-0.2, -0.15) is 0 Å². The third-order valence-corrected chi connectivity index (χ3v) is 6.40. The summed E-state index contributed by atoms with van der Waals surface area (Å²) in [4.78, 5) is 27.4. The quantitative estimate of drug-likeness (QED) is 0.472. The largest absolute Gasteiger partial charge is 0.354 e. The Labute approximate surface area is 199 Å². The fourth-order valence-electron chi connectivity index (χ4n) is 2.89. The lowest BCUT2D eigenvalue weighted by molar-refractivity contribution is -0.138. The molecule has 0 bridgehead atoms. The second-order valence-corrected chi connectivity index (χ2v) is 9.88. The predicted molar refractivity (Wildman–Crippen MR) is 132 cm³/mol. The molecule has 2 rings (SSSR count). The first-order valence-corrected chi connectivity index (χ1v) is 12.2. The summed E-state index contributed by atoms with van der Waals surface area (Å²) in [6, 6.07) is 12.8. The van der Waals surface area contributed by atoms with Gasteiger partial charge in [0.2, 0.25) is 11.8 Å². The zero-order valence-electron chi connectivity index (χ0n) is 18.5. The van der Waals surface area contributed by atoms with Crippen LogP contribution in [0.5, 0.6) is 0 Å². The van der Waals surface area contributed by atoms with Crippen LogP contribution in [0.4, 0.5) is 0 Å². The van der Waals surface area contributed by atoms with Crippen molar-refractivity contribution < 1.29 is 9.59 Å². The Morgan fingerprint density at radius 2 is 1.74 bits per heavy atom. The van der Waals surface area contributed by atoms with Crippen LogP contribution < -0.4 is 5.32 Å². The molecule has 0 fully saturated rings. The Morgan fingerprint density at radius 1 is 1.06 bits per heavy atom. The zero-order valence-corrected chi connectivity index (χ0v) is 20.8. The highest BCUT2D eigenvalue weighted by molar-refractivity contribution is 7.99. The van der Waals surface area contributed by atoms with E-state index >= 15 is 0 Å². The van der Waals surface area contributed by atoms with Gasteiger partial charge in [0.05, 0.1) is 5.75 Å². The molecule has 4 nitrogen and oxygen atoms in total. The molecule has 31 heavy (non-hydrogen) atoms. The van der Waals surface area contributed by atoms with Gasteiger partial charge in [0.25, 0.3) is 0 Å². The van der Waals surface area contributed by atoms with Gasteiger partial charge in [-0.25, -0.2) is 0 Å². The van der Waals surface area contributed by atoms with Gasteiger partial charge in [-0.3, -0.25) is 9.59 Å². The molecule has 0 aliphatic carbocycles. The normalized spacial score (nSPS) is 12.0. The number of hydrogen-bond acceptors (Lipinski definition) is 3. The number of amides is 2. The smallest absolute Gasteiger partial charge is 0.242 e. The fourth-order valence-corrected chi connectivity index (χ4v) is 4.23. The van der Waals surface area contributed by atoms with Crippen LogP contribution in [-0.2, 0) is 21.9 Å². The number of nitrogens with one attached hydrogen (secondary N) is 1. The van der Waals surface area contributed by atoms with Gasteiger partial charge in [0.15, 0.2) is 0 Å². The van der Waals surface area contributed by atoms with Crippen molar-refractivity contribution in [2.75, 3.05) is 12.3 Å². The van der Waals surface area contributed by atoms with Crippen molar-refractivity contribution in [3.63, 3.8) is 0 Å². The van der Waals surface area contributed by atoms with Crippen LogP contribution in [0.15, 0.2) is 42.5 Å². The van der Waals surface area contributed by atoms with Crippen molar-refractivity contribution in [2.24, 2.45) is 5.92 Å². The van der Waals surface area contributed by atoms with Crippen LogP contribution in [0.1, 0.15) is 37.5 Å². The predicted octanol–water partition coefficient (Wildman–Crippen LogP) is 5.72. The van der Waals surface area contributed by atoms with Crippen molar-refractivity contribution >= 4 is 46.8 Å². The Kier molecular flexibility index (Phi) is 10.2. The van der Waals surface area contributed by atoms with Gasteiger partial charge >= 0.3 is 0 Å². The Balaban J connectivity index is 2.09. The minimum Gasteiger partial charge on any atom is -0.354 e. The van der Waals surface area contributed by atoms with Gasteiger partial charge < -0.3 is 10.2 Å². The van der Waals surface area contributed by atoms with Crippen LogP contribution in [-0.4, -0.2) is 35.1 Å². The number of carbonyl (C=O) groups excluding carboxylic acids is 2. The molecule has 168 valence electrons. The Bertz CT molecular complexity index is 888. The molecule has 1 N–H and O–H groups in total. The van der Waals surface area contributed by atoms with E-state index in [1.807, 2.05) is 20.8 Å². The number of thioether (sulfide) groups is 1. The fraction of sp³-hybridized carbons (Fsp3) is 0.417. The van der Waals surface area contributed by atoms with Gasteiger partial charge in [0, 0.05) is 28.9 Å². The maximum Gasteiger partial charge on any atom is 0.242 e. The molecule has 7 heteroatoms. The van der Waals surface area contributed by atoms with E-state index in [0.717, 1.165) is 11.3 Å². The van der Waals surface area contributed by atoms with Crippen molar-refractivity contribution in [2.45, 2.75) is 46.0 Å². The summed E-state index contributed by atoms with van der Waals surface area (Å²) in [5.41, 5.74) is 3.13. The monoisotopic (exact) mass is 480 g/mol. The second-order valence-electron chi connectivity index (χ2n) is 8.05. The third kappa shape index (κ3) is 8.40. The van der Waals surface area contributed by atoms with Gasteiger partial charge in [0.1, 0.15) is 6.04 Å². The summed E-state index contributed by atoms with van der Waals surface area (Å²) < 4.78 is 0. The summed E-state index contributed by atoms with van der Waals surface area (Å²) >= 11 is 13.9. The van der Waals surface area contributed by atoms with E-state index in [1.54, 1.807) is 30.0 Å². The average molecular weight is 481 g/mol. The molecule has 2 amide bonds. The number of nitrogens with zero attached hydrogens (tertiary/aromatic N) is 1. The molecule has 0 saturated heterocycles. The van der Waals surface area contributed by atoms with Gasteiger partial charge in [-0.05, 0) is 43.0 Å². The van der Waals surface area contributed by atoms with E-state index in [2.05, 4.69) is 29.6 Å². The molecular formula is C24H30Cl2N2O2S. The standard InChI is InChI=1S/C24H30Cl2N2O2S/c1-16(2)12-27-24(30)18(4)28(13-20-9-10-21(25)11-22(20)26)23(29)15-31-14-19-7-5-17(3)6-8-19/h5-11,16,18H,12-15H2,1-4H3,(H,27,30)/t18-/m0/s1. The van der Waals surface area contributed by atoms with E-state index < -0.39 is 6.04 Å². The molecule has 0 unspecified atom stereocenters. The van der Waals surface area contributed by atoms with Crippen LogP contribution in [0, 0.1) is 12.8 Å². The molecule has 0 radical (unpaired) electrons. The minimum absolute atomic E-state index is 0.102. The first-order valence-electron chi connectivity index (χ1n) is 10.3. The summed E-state index contributed by atoms with van der Waals surface area (Å²) in [5.74, 6) is 1.07. The molecule has 0 saturated carbocycles. The van der Waals surface area contributed by atoms with Crippen molar-refractivity contribution in [1.82, 2.24) is 10.2 Å². The van der Waals surface area contributed by atoms with Gasteiger partial charge in [-0.1, -0.05) is 72.9 Å². The molecule has 2 aromatic rings. The highest BCUT2D eigenvalue weighted by Gasteiger charge is 2.26. The highest BCUT2D eigenvalue weighted by atomic mass is 35.5. The molecule has 0 aromatic heterocycles. The van der Waals surface area contributed by atoms with E-state index in [1.165, 1.54) is 22.9 Å². The number of benzene rings is 2. The van der Waals surface area contributed by atoms with E-state index in [-0.39, 0.29) is 24.1 Å². The molecule has 0 aliphatic heterocycles. The molecule has 0 spiro atoms. The summed E-state index contributed by atoms with van der Waals surface area (Å²) in [6.07, 6.45) is 0. The lowest BCUT2D eigenvalue weighted by Gasteiger charge is -2.29. The Hall–Kier alpha value is -1.69. The van der Waals surface area contributed by atoms with E-state index in [0.29, 0.717) is 22.5 Å². The average Bonchev–Trinajstić information content (AvgIpc) is 2.72. The first-order chi connectivity index (χ1) is 14.7. The summed E-state index contributed by atoms with van der Waals surface area (Å²) in [6.45, 7) is 8.67. The summed E-state index contributed by atoms with van der Waals surface area (Å²) in [5, 5.41) is 3.93. The van der Waals surface area contributed by atoms with Crippen LogP contribution in [0.3, 0.4) is 0 Å². The number of aryl methyl sites for hydroxylation is 1. The zero-order chi connectivity index (χ0) is 23.0. The first kappa shape index (κ1) is 25.6. The molecule has 0 heterocycles. The van der Waals surface area contributed by atoms with Crippen molar-refractivity contribution in [3.8, 4) is 0 Å². The molecule has 0 aliphatic rings. The van der Waals surface area contributed by atoms with Crippen LogP contribution >= 0.6 is 35.0 Å². The Morgan fingerprint density at radius 3 is 2.35 bits per heavy atom. The molecule has 2 aromatic carbocycles. The van der Waals surface area contributed by atoms with E-state index in [4.69, 9.17) is 23.2 Å². The molecule has 1 atom stereocenters. The van der Waals surface area contributed by atoms with Crippen molar-refractivity contribution in [3.05, 3.63) is 69.2 Å². The number of carbonyl (C=O) groups is 2. The maximum absolute atomic E-state index is 13.1. The lowest BCUT2D eigenvalue weighted by Crippen LogP contribution is -2.48. The topological polar surface area (TPSA) is 49.4 Å². The molecular weight excluding hydrogens is 451 g/mol. The van der Waals surface area contributed by atoms with Crippen LogP contribution in [0.25, 0.3) is 0 Å². The summed E-state index contributed by atoms with van der Waals surface area (Å²) in [7, 11) is 0. The minimum atomic E-state index is -0.613. The number of halogens is 2. The van der Waals surface area contributed by atoms with E-state index in [9.17, 15) is 9.59 Å². The number of rotatable bonds is 10.